The van der Waals surface area contributed by atoms with Crippen molar-refractivity contribution in [3.05, 3.63) is 0 Å². The van der Waals surface area contributed by atoms with Crippen LogP contribution in [-0.2, 0) is 9.53 Å². The van der Waals surface area contributed by atoms with Gasteiger partial charge in [0.05, 0.1) is 13.5 Å². The van der Waals surface area contributed by atoms with Crippen molar-refractivity contribution >= 4 is 17.7 Å². The summed E-state index contributed by atoms with van der Waals surface area (Å²) in [5.74, 6) is 1.99. The molecule has 0 aromatic heterocycles. The first-order valence-electron chi connectivity index (χ1n) is 6.02. The molecule has 1 rings (SSSR count). The Balaban J connectivity index is 2.14. The third-order valence-corrected chi connectivity index (χ3v) is 4.58. The second-order valence-electron chi connectivity index (χ2n) is 4.82. The minimum Gasteiger partial charge on any atom is -0.469 e. The van der Waals surface area contributed by atoms with E-state index < -0.39 is 0 Å². The zero-order valence-corrected chi connectivity index (χ0v) is 11.1. The second-order valence-corrected chi connectivity index (χ2v) is 5.85. The highest BCUT2D eigenvalue weighted by atomic mass is 32.2. The first-order valence-corrected chi connectivity index (χ1v) is 7.17. The van der Waals surface area contributed by atoms with Crippen LogP contribution in [0, 0.1) is 5.41 Å². The van der Waals surface area contributed by atoms with Crippen molar-refractivity contribution in [2.45, 2.75) is 45.1 Å². The van der Waals surface area contributed by atoms with Crippen LogP contribution in [0.25, 0.3) is 0 Å². The molecule has 4 heteroatoms. The SMILES string of the molecule is CCCC(N)CSCC1(CC(=O)OC)CC1. The first-order chi connectivity index (χ1) is 7.62. The highest BCUT2D eigenvalue weighted by Crippen LogP contribution is 2.51. The highest BCUT2D eigenvalue weighted by Gasteiger charge is 2.44. The molecule has 0 bridgehead atoms. The molecular weight excluding hydrogens is 222 g/mol. The zero-order valence-electron chi connectivity index (χ0n) is 10.3. The molecule has 2 N–H and O–H groups in total. The lowest BCUT2D eigenvalue weighted by atomic mass is 10.1. The number of carbonyl (C=O) groups excluding carboxylic acids is 1. The standard InChI is InChI=1S/C12H23NO2S/c1-3-4-10(13)8-16-9-12(5-6-12)7-11(14)15-2/h10H,3-9,13H2,1-2H3. The van der Waals surface area contributed by atoms with E-state index in [0.29, 0.717) is 12.5 Å². The fourth-order valence-corrected chi connectivity index (χ4v) is 3.22. The van der Waals surface area contributed by atoms with Gasteiger partial charge < -0.3 is 10.5 Å². The van der Waals surface area contributed by atoms with Crippen molar-refractivity contribution in [2.75, 3.05) is 18.6 Å². The van der Waals surface area contributed by atoms with Gasteiger partial charge in [-0.1, -0.05) is 13.3 Å². The van der Waals surface area contributed by atoms with Crippen molar-refractivity contribution in [1.29, 1.82) is 0 Å². The Kier molecular flexibility index (Phi) is 5.62. The summed E-state index contributed by atoms with van der Waals surface area (Å²) < 4.78 is 4.72. The fraction of sp³-hybridized carbons (Fsp3) is 0.917. The second kappa shape index (κ2) is 6.50. The maximum absolute atomic E-state index is 11.2. The fourth-order valence-electron chi connectivity index (χ4n) is 1.81. The molecule has 1 saturated carbocycles. The Hall–Kier alpha value is -0.220. The largest absolute Gasteiger partial charge is 0.469 e. The van der Waals surface area contributed by atoms with E-state index in [2.05, 4.69) is 6.92 Å². The summed E-state index contributed by atoms with van der Waals surface area (Å²) in [6.45, 7) is 2.16. The van der Waals surface area contributed by atoms with Gasteiger partial charge in [0.1, 0.15) is 0 Å². The highest BCUT2D eigenvalue weighted by molar-refractivity contribution is 7.99. The molecule has 0 spiro atoms. The summed E-state index contributed by atoms with van der Waals surface area (Å²) in [7, 11) is 1.46. The number of esters is 1. The summed E-state index contributed by atoms with van der Waals surface area (Å²) in [6.07, 6.45) is 5.15. The lowest BCUT2D eigenvalue weighted by Gasteiger charge is -2.15. The summed E-state index contributed by atoms with van der Waals surface area (Å²) >= 11 is 1.89. The molecule has 3 nitrogen and oxygen atoms in total. The molecule has 0 aromatic rings. The number of methoxy groups -OCH3 is 1. The molecule has 0 aromatic carbocycles. The van der Waals surface area contributed by atoms with Gasteiger partial charge in [-0.25, -0.2) is 0 Å². The molecule has 0 amide bonds. The molecule has 16 heavy (non-hydrogen) atoms. The molecule has 94 valence electrons. The molecule has 1 atom stereocenters. The van der Waals surface area contributed by atoms with Crippen LogP contribution in [0.15, 0.2) is 0 Å². The van der Waals surface area contributed by atoms with E-state index in [-0.39, 0.29) is 11.4 Å². The van der Waals surface area contributed by atoms with Gasteiger partial charge in [-0.2, -0.15) is 11.8 Å². The van der Waals surface area contributed by atoms with Crippen molar-refractivity contribution in [3.63, 3.8) is 0 Å². The number of rotatable bonds is 8. The molecule has 1 aliphatic carbocycles. The zero-order chi connectivity index (χ0) is 12.0. The Morgan fingerprint density at radius 2 is 2.25 bits per heavy atom. The van der Waals surface area contributed by atoms with Gasteiger partial charge in [-0.15, -0.1) is 0 Å². The molecular formula is C12H23NO2S. The maximum Gasteiger partial charge on any atom is 0.306 e. The van der Waals surface area contributed by atoms with E-state index in [4.69, 9.17) is 10.5 Å². The number of ether oxygens (including phenoxy) is 1. The van der Waals surface area contributed by atoms with E-state index in [1.165, 1.54) is 7.11 Å². The average Bonchev–Trinajstić information content (AvgIpc) is 2.98. The van der Waals surface area contributed by atoms with Crippen LogP contribution in [0.4, 0.5) is 0 Å². The minimum absolute atomic E-state index is 0.0732. The Morgan fingerprint density at radius 3 is 2.75 bits per heavy atom. The van der Waals surface area contributed by atoms with E-state index in [0.717, 1.165) is 37.2 Å². The van der Waals surface area contributed by atoms with E-state index in [1.807, 2.05) is 11.8 Å². The topological polar surface area (TPSA) is 52.3 Å². The van der Waals surface area contributed by atoms with Crippen molar-refractivity contribution in [1.82, 2.24) is 0 Å². The van der Waals surface area contributed by atoms with E-state index >= 15 is 0 Å². The molecule has 1 fully saturated rings. The molecule has 0 heterocycles. The molecule has 0 radical (unpaired) electrons. The van der Waals surface area contributed by atoms with E-state index in [9.17, 15) is 4.79 Å². The lowest BCUT2D eigenvalue weighted by molar-refractivity contribution is -0.141. The van der Waals surface area contributed by atoms with Gasteiger partial charge in [0.2, 0.25) is 0 Å². The maximum atomic E-state index is 11.2. The Labute approximate surface area is 102 Å². The van der Waals surface area contributed by atoms with Gasteiger partial charge in [-0.05, 0) is 30.4 Å². The number of carbonyl (C=O) groups is 1. The van der Waals surface area contributed by atoms with Gasteiger partial charge in [0.25, 0.3) is 0 Å². The monoisotopic (exact) mass is 245 g/mol. The van der Waals surface area contributed by atoms with E-state index in [1.54, 1.807) is 0 Å². The number of hydrogen-bond acceptors (Lipinski definition) is 4. The van der Waals surface area contributed by atoms with Crippen molar-refractivity contribution < 1.29 is 9.53 Å². The van der Waals surface area contributed by atoms with Crippen LogP contribution in [-0.4, -0.2) is 30.6 Å². The van der Waals surface area contributed by atoms with Gasteiger partial charge in [0.15, 0.2) is 0 Å². The number of hydrogen-bond donors (Lipinski definition) is 1. The van der Waals surface area contributed by atoms with Gasteiger partial charge in [-0.3, -0.25) is 4.79 Å². The molecule has 1 unspecified atom stereocenters. The van der Waals surface area contributed by atoms with Gasteiger partial charge >= 0.3 is 5.97 Å². The summed E-state index contributed by atoms with van der Waals surface area (Å²) in [5.41, 5.74) is 6.19. The third-order valence-electron chi connectivity index (χ3n) is 3.10. The van der Waals surface area contributed by atoms with Crippen LogP contribution in [0.2, 0.25) is 0 Å². The predicted octanol–water partition coefficient (Wildman–Crippen LogP) is 2.19. The average molecular weight is 245 g/mol. The van der Waals surface area contributed by atoms with Crippen LogP contribution < -0.4 is 5.73 Å². The number of thioether (sulfide) groups is 1. The normalized spacial score (nSPS) is 19.2. The van der Waals surface area contributed by atoms with Crippen molar-refractivity contribution in [2.24, 2.45) is 11.1 Å². The van der Waals surface area contributed by atoms with Crippen LogP contribution in [0.3, 0.4) is 0 Å². The Morgan fingerprint density at radius 1 is 1.56 bits per heavy atom. The Bertz CT molecular complexity index is 229. The lowest BCUT2D eigenvalue weighted by Crippen LogP contribution is -2.23. The molecule has 0 saturated heterocycles. The quantitative estimate of drug-likeness (QED) is 0.666. The molecule has 1 aliphatic rings. The van der Waals surface area contributed by atoms with Crippen LogP contribution >= 0.6 is 11.8 Å². The van der Waals surface area contributed by atoms with Crippen LogP contribution in [0.5, 0.6) is 0 Å². The predicted molar refractivity (Wildman–Crippen MR) is 68.5 cm³/mol. The summed E-state index contributed by atoms with van der Waals surface area (Å²) in [6, 6.07) is 0.309. The van der Waals surface area contributed by atoms with Crippen molar-refractivity contribution in [3.8, 4) is 0 Å². The summed E-state index contributed by atoms with van der Waals surface area (Å²) in [5, 5.41) is 0. The van der Waals surface area contributed by atoms with Gasteiger partial charge in [0, 0.05) is 11.8 Å². The molecule has 0 aliphatic heterocycles. The minimum atomic E-state index is -0.0732. The smallest absolute Gasteiger partial charge is 0.306 e. The third kappa shape index (κ3) is 4.74. The summed E-state index contributed by atoms with van der Waals surface area (Å²) in [4.78, 5) is 11.2. The number of nitrogens with two attached hydrogens (primary N) is 1. The van der Waals surface area contributed by atoms with Crippen LogP contribution in [0.1, 0.15) is 39.0 Å². The first kappa shape index (κ1) is 13.8.